The van der Waals surface area contributed by atoms with Crippen LogP contribution in [0, 0.1) is 0 Å². The Bertz CT molecular complexity index is 314. The minimum Gasteiger partial charge on any atom is -0.358 e. The van der Waals surface area contributed by atoms with E-state index in [0.717, 1.165) is 24.1 Å². The molecule has 1 aromatic carbocycles. The fourth-order valence-electron chi connectivity index (χ4n) is 1.40. The molecule has 1 aliphatic rings. The summed E-state index contributed by atoms with van der Waals surface area (Å²) < 4.78 is 0. The minimum atomic E-state index is 0.814. The van der Waals surface area contributed by atoms with E-state index in [-0.39, 0.29) is 0 Å². The maximum absolute atomic E-state index is 10.2. The van der Waals surface area contributed by atoms with Crippen LogP contribution in [0.3, 0.4) is 0 Å². The van der Waals surface area contributed by atoms with Gasteiger partial charge in [-0.2, -0.15) is 0 Å². The average Bonchev–Trinajstić information content (AvgIpc) is 2.47. The summed E-state index contributed by atoms with van der Waals surface area (Å²) in [5.41, 5.74) is 3.35. The highest BCUT2D eigenvalue weighted by Crippen LogP contribution is 2.26. The zero-order chi connectivity index (χ0) is 8.39. The quantitative estimate of drug-likeness (QED) is 0.499. The second kappa shape index (κ2) is 2.81. The lowest BCUT2D eigenvalue weighted by atomic mass is 10.1. The normalized spacial score (nSPS) is 17.2. The Kier molecular flexibility index (Phi) is 1.67. The average molecular weight is 159 g/mol. The van der Waals surface area contributed by atoms with Crippen LogP contribution in [0.25, 0.3) is 0 Å². The van der Waals surface area contributed by atoms with E-state index in [1.807, 2.05) is 18.2 Å². The molecule has 0 saturated carbocycles. The van der Waals surface area contributed by atoms with Crippen LogP contribution in [0.15, 0.2) is 36.0 Å². The van der Waals surface area contributed by atoms with Gasteiger partial charge in [0.2, 0.25) is 0 Å². The molecule has 0 radical (unpaired) electrons. The third kappa shape index (κ3) is 1.11. The number of para-hydroxylation sites is 1. The van der Waals surface area contributed by atoms with Gasteiger partial charge >= 0.3 is 0 Å². The van der Waals surface area contributed by atoms with Crippen molar-refractivity contribution in [1.82, 2.24) is 0 Å². The Morgan fingerprint density at radius 3 is 2.92 bits per heavy atom. The summed E-state index contributed by atoms with van der Waals surface area (Å²) >= 11 is 0. The molecule has 0 amide bonds. The molecule has 1 N–H and O–H groups in total. The SMILES string of the molecule is O=C/C=C1/Cc2ccccc2N1. The van der Waals surface area contributed by atoms with Crippen molar-refractivity contribution in [2.45, 2.75) is 6.42 Å². The van der Waals surface area contributed by atoms with Crippen LogP contribution < -0.4 is 5.32 Å². The number of carbonyl (C=O) groups is 1. The first kappa shape index (κ1) is 7.10. The second-order valence-electron chi connectivity index (χ2n) is 2.79. The number of nitrogens with one attached hydrogen (secondary N) is 1. The van der Waals surface area contributed by atoms with Gasteiger partial charge in [0.25, 0.3) is 0 Å². The Balaban J connectivity index is 2.33. The van der Waals surface area contributed by atoms with Gasteiger partial charge in [-0.25, -0.2) is 0 Å². The van der Waals surface area contributed by atoms with Crippen molar-refractivity contribution in [1.29, 1.82) is 0 Å². The Morgan fingerprint density at radius 2 is 2.17 bits per heavy atom. The molecule has 12 heavy (non-hydrogen) atoms. The van der Waals surface area contributed by atoms with E-state index in [2.05, 4.69) is 11.4 Å². The van der Waals surface area contributed by atoms with Gasteiger partial charge < -0.3 is 5.32 Å². The fourth-order valence-corrected chi connectivity index (χ4v) is 1.40. The van der Waals surface area contributed by atoms with E-state index >= 15 is 0 Å². The van der Waals surface area contributed by atoms with Crippen molar-refractivity contribution in [3.8, 4) is 0 Å². The molecule has 2 rings (SSSR count). The predicted molar refractivity (Wildman–Crippen MR) is 47.9 cm³/mol. The van der Waals surface area contributed by atoms with Crippen LogP contribution in [0.5, 0.6) is 0 Å². The molecule has 0 saturated heterocycles. The topological polar surface area (TPSA) is 29.1 Å². The van der Waals surface area contributed by atoms with E-state index in [1.165, 1.54) is 5.56 Å². The van der Waals surface area contributed by atoms with E-state index in [1.54, 1.807) is 6.08 Å². The molecular weight excluding hydrogens is 150 g/mol. The maximum Gasteiger partial charge on any atom is 0.144 e. The molecule has 60 valence electrons. The van der Waals surface area contributed by atoms with Crippen LogP contribution in [0.1, 0.15) is 5.56 Å². The third-order valence-corrected chi connectivity index (χ3v) is 1.96. The zero-order valence-corrected chi connectivity index (χ0v) is 6.58. The minimum absolute atomic E-state index is 0.814. The molecule has 1 aliphatic heterocycles. The summed E-state index contributed by atoms with van der Waals surface area (Å²) in [7, 11) is 0. The molecule has 1 aromatic rings. The molecule has 2 nitrogen and oxygen atoms in total. The van der Waals surface area contributed by atoms with Crippen molar-refractivity contribution in [2.75, 3.05) is 5.32 Å². The van der Waals surface area contributed by atoms with Crippen molar-refractivity contribution < 1.29 is 4.79 Å². The highest BCUT2D eigenvalue weighted by Gasteiger charge is 2.12. The first-order valence-corrected chi connectivity index (χ1v) is 3.89. The standard InChI is InChI=1S/C10H9NO/c12-6-5-9-7-8-3-1-2-4-10(8)11-9/h1-6,11H,7H2/b9-5-. The van der Waals surface area contributed by atoms with Crippen molar-refractivity contribution in [2.24, 2.45) is 0 Å². The summed E-state index contributed by atoms with van der Waals surface area (Å²) in [4.78, 5) is 10.2. The Labute approximate surface area is 70.9 Å². The smallest absolute Gasteiger partial charge is 0.144 e. The summed E-state index contributed by atoms with van der Waals surface area (Å²) in [6.07, 6.45) is 3.23. The van der Waals surface area contributed by atoms with Crippen LogP contribution >= 0.6 is 0 Å². The lowest BCUT2D eigenvalue weighted by Gasteiger charge is -1.95. The molecule has 0 aliphatic carbocycles. The van der Waals surface area contributed by atoms with Gasteiger partial charge in [0, 0.05) is 17.8 Å². The van der Waals surface area contributed by atoms with Crippen LogP contribution in [-0.4, -0.2) is 6.29 Å². The number of fused-ring (bicyclic) bond motifs is 1. The van der Waals surface area contributed by atoms with E-state index in [9.17, 15) is 4.79 Å². The van der Waals surface area contributed by atoms with Gasteiger partial charge in [-0.05, 0) is 17.7 Å². The molecule has 0 bridgehead atoms. The summed E-state index contributed by atoms with van der Waals surface area (Å²) in [6.45, 7) is 0. The molecule has 2 heteroatoms. The summed E-state index contributed by atoms with van der Waals surface area (Å²) in [6, 6.07) is 8.06. The molecule has 0 fully saturated rings. The third-order valence-electron chi connectivity index (χ3n) is 1.96. The number of hydrogen-bond acceptors (Lipinski definition) is 2. The molecule has 0 unspecified atom stereocenters. The van der Waals surface area contributed by atoms with Crippen LogP contribution in [0.2, 0.25) is 0 Å². The van der Waals surface area contributed by atoms with Gasteiger partial charge in [0.05, 0.1) is 0 Å². The molecule has 0 aromatic heterocycles. The van der Waals surface area contributed by atoms with Crippen molar-refractivity contribution in [3.05, 3.63) is 41.6 Å². The van der Waals surface area contributed by atoms with Gasteiger partial charge in [-0.15, -0.1) is 0 Å². The number of carbonyl (C=O) groups excluding carboxylic acids is 1. The number of allylic oxidation sites excluding steroid dienone is 2. The molecule has 0 atom stereocenters. The van der Waals surface area contributed by atoms with Crippen LogP contribution in [0.4, 0.5) is 5.69 Å². The van der Waals surface area contributed by atoms with Gasteiger partial charge in [0.1, 0.15) is 6.29 Å². The largest absolute Gasteiger partial charge is 0.358 e. The van der Waals surface area contributed by atoms with Crippen molar-refractivity contribution >= 4 is 12.0 Å². The number of rotatable bonds is 1. The van der Waals surface area contributed by atoms with Gasteiger partial charge in [-0.3, -0.25) is 4.79 Å². The number of anilines is 1. The fraction of sp³-hybridized carbons (Fsp3) is 0.100. The van der Waals surface area contributed by atoms with Gasteiger partial charge in [0.15, 0.2) is 0 Å². The van der Waals surface area contributed by atoms with E-state index < -0.39 is 0 Å². The summed E-state index contributed by atoms with van der Waals surface area (Å²) in [5, 5.41) is 3.17. The highest BCUT2D eigenvalue weighted by atomic mass is 16.1. The van der Waals surface area contributed by atoms with Crippen LogP contribution in [-0.2, 0) is 11.2 Å². The second-order valence-corrected chi connectivity index (χ2v) is 2.79. The maximum atomic E-state index is 10.2. The van der Waals surface area contributed by atoms with E-state index in [4.69, 9.17) is 0 Å². The zero-order valence-electron chi connectivity index (χ0n) is 6.58. The Hall–Kier alpha value is -1.57. The first-order valence-electron chi connectivity index (χ1n) is 3.89. The summed E-state index contributed by atoms with van der Waals surface area (Å²) in [5.74, 6) is 0. The molecular formula is C10H9NO. The lowest BCUT2D eigenvalue weighted by molar-refractivity contribution is -0.104. The predicted octanol–water partition coefficient (Wildman–Crippen LogP) is 1.74. The van der Waals surface area contributed by atoms with E-state index in [0.29, 0.717) is 0 Å². The van der Waals surface area contributed by atoms with Gasteiger partial charge in [-0.1, -0.05) is 18.2 Å². The number of aldehydes is 1. The molecule has 0 spiro atoms. The van der Waals surface area contributed by atoms with Crippen molar-refractivity contribution in [3.63, 3.8) is 0 Å². The Morgan fingerprint density at radius 1 is 1.33 bits per heavy atom. The monoisotopic (exact) mass is 159 g/mol. The number of benzene rings is 1. The highest BCUT2D eigenvalue weighted by molar-refractivity contribution is 5.71. The first-order chi connectivity index (χ1) is 5.90. The lowest BCUT2D eigenvalue weighted by Crippen LogP contribution is -1.90. The molecule has 1 heterocycles. The number of hydrogen-bond donors (Lipinski definition) is 1.